The highest BCUT2D eigenvalue weighted by Gasteiger charge is 2.21. The van der Waals surface area contributed by atoms with Gasteiger partial charge in [0.1, 0.15) is 5.60 Å². The van der Waals surface area contributed by atoms with Crippen molar-refractivity contribution in [3.8, 4) is 0 Å². The summed E-state index contributed by atoms with van der Waals surface area (Å²) in [6, 6.07) is 6.19. The number of esters is 1. The average molecular weight is 517 g/mol. The second kappa shape index (κ2) is 12.7. The molecule has 0 heterocycles. The molecule has 1 aromatic rings. The molecule has 28 heavy (non-hydrogen) atoms. The fourth-order valence-corrected chi connectivity index (χ4v) is 3.72. The summed E-state index contributed by atoms with van der Waals surface area (Å²) < 4.78 is 5.44. The summed E-state index contributed by atoms with van der Waals surface area (Å²) in [6.45, 7) is 9.42. The molecule has 0 aromatic heterocycles. The van der Waals surface area contributed by atoms with E-state index in [0.29, 0.717) is 12.6 Å². The van der Waals surface area contributed by atoms with Crippen LogP contribution in [0.15, 0.2) is 18.2 Å². The fourth-order valence-electron chi connectivity index (χ4n) is 2.86. The number of carbonyl (C=O) groups is 2. The number of ether oxygens (including phenoxy) is 1. The Morgan fingerprint density at radius 2 is 1.93 bits per heavy atom. The van der Waals surface area contributed by atoms with E-state index in [9.17, 15) is 9.59 Å². The number of halogens is 2. The molecule has 0 aliphatic heterocycles. The van der Waals surface area contributed by atoms with Crippen LogP contribution < -0.4 is 10.1 Å². The van der Waals surface area contributed by atoms with Gasteiger partial charge in [-0.15, -0.1) is 0 Å². The molecule has 0 aliphatic carbocycles. The van der Waals surface area contributed by atoms with Crippen molar-refractivity contribution in [2.24, 2.45) is 0 Å². The summed E-state index contributed by atoms with van der Waals surface area (Å²) in [5, 5.41) is 4.82. The van der Waals surface area contributed by atoms with Gasteiger partial charge in [-0.25, -0.2) is 0 Å². The zero-order valence-corrected chi connectivity index (χ0v) is 20.3. The summed E-state index contributed by atoms with van der Waals surface area (Å²) in [4.78, 5) is 25.4. The van der Waals surface area contributed by atoms with Crippen LogP contribution in [0.4, 0.5) is 5.69 Å². The second-order valence-electron chi connectivity index (χ2n) is 7.64. The van der Waals surface area contributed by atoms with E-state index < -0.39 is 5.60 Å². The number of hydrogen-bond donors (Lipinski definition) is 1. The zero-order chi connectivity index (χ0) is 21.2. The number of rotatable bonds is 12. The van der Waals surface area contributed by atoms with E-state index in [4.69, 9.17) is 4.74 Å². The molecule has 0 spiro atoms. The van der Waals surface area contributed by atoms with Crippen LogP contribution in [0.3, 0.4) is 0 Å². The number of alkyl halides is 2. The minimum absolute atomic E-state index is 0.192. The summed E-state index contributed by atoms with van der Waals surface area (Å²) >= 11 is 7.03. The molecular formula is C20H30BBr2N2O3. The number of hydrogen-bond acceptors (Lipinski definition) is 5. The van der Waals surface area contributed by atoms with Crippen molar-refractivity contribution in [2.75, 3.05) is 28.6 Å². The number of carbonyl (C=O) groups excluding carboxylic acids is 2. The number of nitrogens with one attached hydrogen (secondary N) is 1. The number of anilines is 1. The maximum Gasteiger partial charge on any atom is 0.307 e. The van der Waals surface area contributed by atoms with Crippen molar-refractivity contribution in [1.82, 2.24) is 5.23 Å². The first-order chi connectivity index (χ1) is 13.2. The Labute approximate surface area is 186 Å². The molecule has 0 saturated heterocycles. The van der Waals surface area contributed by atoms with Crippen molar-refractivity contribution in [3.05, 3.63) is 29.3 Å². The Morgan fingerprint density at radius 1 is 1.29 bits per heavy atom. The Balaban J connectivity index is 2.98. The van der Waals surface area contributed by atoms with Gasteiger partial charge in [-0.05, 0) is 57.4 Å². The Hall–Kier alpha value is -0.855. The van der Waals surface area contributed by atoms with Crippen LogP contribution in [-0.2, 0) is 20.7 Å². The van der Waals surface area contributed by atoms with Gasteiger partial charge in [0.05, 0.1) is 12.6 Å². The van der Waals surface area contributed by atoms with Gasteiger partial charge in [-0.2, -0.15) is 0 Å². The Kier molecular flexibility index (Phi) is 11.4. The third kappa shape index (κ3) is 9.57. The molecule has 0 fully saturated rings. The van der Waals surface area contributed by atoms with Crippen molar-refractivity contribution < 1.29 is 14.3 Å². The molecule has 1 rings (SSSR count). The minimum Gasteiger partial charge on any atom is -0.460 e. The van der Waals surface area contributed by atoms with E-state index in [2.05, 4.69) is 67.1 Å². The second-order valence-corrected chi connectivity index (χ2v) is 9.22. The van der Waals surface area contributed by atoms with Gasteiger partial charge in [0.25, 0.3) is 7.41 Å². The van der Waals surface area contributed by atoms with Crippen molar-refractivity contribution in [1.29, 1.82) is 0 Å². The molecule has 5 nitrogen and oxygen atoms in total. The first-order valence-electron chi connectivity index (χ1n) is 9.41. The lowest BCUT2D eigenvalue weighted by Gasteiger charge is -2.26. The van der Waals surface area contributed by atoms with Crippen LogP contribution in [0.25, 0.3) is 0 Å². The van der Waals surface area contributed by atoms with Crippen molar-refractivity contribution in [2.45, 2.75) is 52.2 Å². The molecule has 155 valence electrons. The van der Waals surface area contributed by atoms with Crippen LogP contribution in [0, 0.1) is 6.92 Å². The molecule has 1 radical (unpaired) electrons. The number of aryl methyl sites for hydroxylation is 1. The van der Waals surface area contributed by atoms with Crippen LogP contribution in [0.2, 0.25) is 0 Å². The van der Waals surface area contributed by atoms with Gasteiger partial charge < -0.3 is 19.7 Å². The molecule has 0 unspecified atom stereocenters. The quantitative estimate of drug-likeness (QED) is 0.199. The standard InChI is InChI=1S/C20H30BBr2N2O3/c1-15-5-6-18(25(9-7-22)10-8-23)12-16(15)11-17(24-21-14-26)13-19(27)28-20(2,3)4/h5-6,12,14,17,24H,7-11,13H2,1-4H3/t17-/m1/s1. The first-order valence-corrected chi connectivity index (χ1v) is 11.7. The smallest absolute Gasteiger partial charge is 0.307 e. The van der Waals surface area contributed by atoms with E-state index in [1.807, 2.05) is 20.8 Å². The van der Waals surface area contributed by atoms with E-state index in [1.54, 1.807) is 0 Å². The number of nitrogens with zero attached hydrogens (tertiary/aromatic N) is 1. The van der Waals surface area contributed by atoms with Crippen molar-refractivity contribution in [3.63, 3.8) is 0 Å². The molecule has 1 atom stereocenters. The summed E-state index contributed by atoms with van der Waals surface area (Å²) in [7, 11) is 1.34. The van der Waals surface area contributed by atoms with Crippen LogP contribution in [0.1, 0.15) is 38.3 Å². The van der Waals surface area contributed by atoms with E-state index in [0.717, 1.165) is 40.6 Å². The van der Waals surface area contributed by atoms with Gasteiger partial charge in [0, 0.05) is 35.5 Å². The first kappa shape index (κ1) is 25.2. The van der Waals surface area contributed by atoms with Gasteiger partial charge in [-0.3, -0.25) is 4.79 Å². The lowest BCUT2D eigenvalue weighted by Crippen LogP contribution is -2.38. The summed E-state index contributed by atoms with van der Waals surface area (Å²) in [5.74, 6) is -0.279. The Morgan fingerprint density at radius 3 is 2.46 bits per heavy atom. The highest BCUT2D eigenvalue weighted by molar-refractivity contribution is 9.09. The summed E-state index contributed by atoms with van der Waals surface area (Å²) in [6.07, 6.45) is 1.51. The van der Waals surface area contributed by atoms with Crippen LogP contribution in [0.5, 0.6) is 0 Å². The maximum absolute atomic E-state index is 12.3. The van der Waals surface area contributed by atoms with Gasteiger partial charge in [0.2, 0.25) is 0 Å². The average Bonchev–Trinajstić information content (AvgIpc) is 2.59. The molecule has 1 N–H and O–H groups in total. The maximum atomic E-state index is 12.3. The zero-order valence-electron chi connectivity index (χ0n) is 17.1. The SMILES string of the molecule is Cc1ccc(N(CCBr)CCBr)cc1C[C@H](CC(=O)OC(C)(C)C)N[B]C=O. The summed E-state index contributed by atoms with van der Waals surface area (Å²) in [5.41, 5.74) is 2.92. The molecule has 0 amide bonds. The molecule has 1 aromatic carbocycles. The predicted molar refractivity (Wildman–Crippen MR) is 125 cm³/mol. The van der Waals surface area contributed by atoms with Crippen LogP contribution in [-0.4, -0.2) is 55.0 Å². The largest absolute Gasteiger partial charge is 0.460 e. The molecule has 8 heteroatoms. The van der Waals surface area contributed by atoms with Gasteiger partial charge in [-0.1, -0.05) is 37.9 Å². The number of benzene rings is 1. The van der Waals surface area contributed by atoms with E-state index in [1.165, 1.54) is 7.41 Å². The third-order valence-electron chi connectivity index (χ3n) is 4.11. The monoisotopic (exact) mass is 515 g/mol. The van der Waals surface area contributed by atoms with Gasteiger partial charge in [0.15, 0.2) is 0 Å². The lowest BCUT2D eigenvalue weighted by atomic mass is 9.91. The Bertz CT molecular complexity index is 632. The molecule has 0 aliphatic rings. The van der Waals surface area contributed by atoms with Gasteiger partial charge >= 0.3 is 5.97 Å². The van der Waals surface area contributed by atoms with Crippen LogP contribution >= 0.6 is 31.9 Å². The predicted octanol–water partition coefficient (Wildman–Crippen LogP) is 3.63. The fraction of sp³-hybridized carbons (Fsp3) is 0.600. The topological polar surface area (TPSA) is 58.6 Å². The third-order valence-corrected chi connectivity index (χ3v) is 4.82. The molecule has 0 bridgehead atoms. The minimum atomic E-state index is -0.530. The normalized spacial score (nSPS) is 12.4. The van der Waals surface area contributed by atoms with E-state index >= 15 is 0 Å². The highest BCUT2D eigenvalue weighted by Crippen LogP contribution is 2.22. The lowest BCUT2D eigenvalue weighted by molar-refractivity contribution is -0.155. The molecule has 0 saturated carbocycles. The molecular weight excluding hydrogens is 487 g/mol. The van der Waals surface area contributed by atoms with Crippen molar-refractivity contribution >= 4 is 57.1 Å². The van der Waals surface area contributed by atoms with E-state index in [-0.39, 0.29) is 18.4 Å². The highest BCUT2D eigenvalue weighted by atomic mass is 79.9.